The molecule has 1 aliphatic rings. The van der Waals surface area contributed by atoms with E-state index in [4.69, 9.17) is 5.73 Å². The van der Waals surface area contributed by atoms with Crippen LogP contribution < -0.4 is 5.73 Å². The second-order valence-electron chi connectivity index (χ2n) is 5.10. The van der Waals surface area contributed by atoms with E-state index in [2.05, 4.69) is 25.8 Å². The number of hydrogen-bond acceptors (Lipinski definition) is 2. The minimum atomic E-state index is 0.768. The van der Waals surface area contributed by atoms with E-state index < -0.39 is 0 Å². The van der Waals surface area contributed by atoms with Gasteiger partial charge in [0, 0.05) is 12.6 Å². The third kappa shape index (κ3) is 3.46. The average molecular weight is 212 g/mol. The maximum atomic E-state index is 5.82. The highest BCUT2D eigenvalue weighted by Crippen LogP contribution is 2.31. The molecule has 0 aromatic heterocycles. The molecule has 1 fully saturated rings. The monoisotopic (exact) mass is 212 g/mol. The van der Waals surface area contributed by atoms with Gasteiger partial charge in [-0.1, -0.05) is 20.3 Å². The zero-order valence-electron chi connectivity index (χ0n) is 10.7. The van der Waals surface area contributed by atoms with Crippen LogP contribution in [0.15, 0.2) is 0 Å². The van der Waals surface area contributed by atoms with Crippen molar-refractivity contribution < 1.29 is 0 Å². The minimum Gasteiger partial charge on any atom is -0.330 e. The molecule has 1 saturated carbocycles. The van der Waals surface area contributed by atoms with E-state index in [-0.39, 0.29) is 0 Å². The van der Waals surface area contributed by atoms with Gasteiger partial charge < -0.3 is 10.6 Å². The Labute approximate surface area is 95.2 Å². The molecule has 0 aliphatic heterocycles. The molecule has 0 heterocycles. The van der Waals surface area contributed by atoms with Crippen molar-refractivity contribution in [2.75, 3.05) is 20.1 Å². The topological polar surface area (TPSA) is 29.3 Å². The lowest BCUT2D eigenvalue weighted by Gasteiger charge is -2.30. The van der Waals surface area contributed by atoms with Crippen molar-refractivity contribution >= 4 is 0 Å². The zero-order chi connectivity index (χ0) is 11.3. The maximum Gasteiger partial charge on any atom is 0.00870 e. The van der Waals surface area contributed by atoms with E-state index >= 15 is 0 Å². The third-order valence-corrected chi connectivity index (χ3v) is 4.21. The first-order valence-electron chi connectivity index (χ1n) is 6.63. The lowest BCUT2D eigenvalue weighted by molar-refractivity contribution is 0.178. The highest BCUT2D eigenvalue weighted by atomic mass is 15.1. The quantitative estimate of drug-likeness (QED) is 0.733. The summed E-state index contributed by atoms with van der Waals surface area (Å²) in [7, 11) is 2.28. The van der Waals surface area contributed by atoms with E-state index in [0.717, 1.165) is 24.4 Å². The molecule has 0 aromatic rings. The molecule has 0 amide bonds. The highest BCUT2D eigenvalue weighted by molar-refractivity contribution is 4.81. The summed E-state index contributed by atoms with van der Waals surface area (Å²) in [6.45, 7) is 6.73. The first-order valence-corrected chi connectivity index (χ1v) is 6.63. The fraction of sp³-hybridized carbons (Fsp3) is 1.00. The summed E-state index contributed by atoms with van der Waals surface area (Å²) in [6, 6.07) is 0.768. The Kier molecular flexibility index (Phi) is 5.62. The largest absolute Gasteiger partial charge is 0.330 e. The molecule has 2 unspecified atom stereocenters. The van der Waals surface area contributed by atoms with Gasteiger partial charge in [0.05, 0.1) is 0 Å². The normalized spacial score (nSPS) is 26.8. The summed E-state index contributed by atoms with van der Waals surface area (Å²) in [5, 5.41) is 0. The SMILES string of the molecule is CCC(CC)N(C)CC1CCCC1CN. The summed E-state index contributed by atoms with van der Waals surface area (Å²) in [6.07, 6.45) is 6.69. The molecule has 2 N–H and O–H groups in total. The maximum absolute atomic E-state index is 5.82. The van der Waals surface area contributed by atoms with Gasteiger partial charge in [-0.3, -0.25) is 0 Å². The van der Waals surface area contributed by atoms with Crippen LogP contribution in [0.25, 0.3) is 0 Å². The predicted molar refractivity (Wildman–Crippen MR) is 66.9 cm³/mol. The lowest BCUT2D eigenvalue weighted by Crippen LogP contribution is -2.37. The Morgan fingerprint density at radius 2 is 1.80 bits per heavy atom. The van der Waals surface area contributed by atoms with Crippen LogP contribution in [0.3, 0.4) is 0 Å². The van der Waals surface area contributed by atoms with Crippen LogP contribution in [0.1, 0.15) is 46.0 Å². The summed E-state index contributed by atoms with van der Waals surface area (Å²) in [5.74, 6) is 1.66. The van der Waals surface area contributed by atoms with Crippen molar-refractivity contribution in [3.05, 3.63) is 0 Å². The Balaban J connectivity index is 2.39. The van der Waals surface area contributed by atoms with E-state index in [9.17, 15) is 0 Å². The van der Waals surface area contributed by atoms with Gasteiger partial charge in [-0.2, -0.15) is 0 Å². The van der Waals surface area contributed by atoms with E-state index in [1.54, 1.807) is 0 Å². The molecule has 0 aromatic carbocycles. The Bertz CT molecular complexity index is 166. The van der Waals surface area contributed by atoms with Gasteiger partial charge in [-0.05, 0) is 51.1 Å². The Morgan fingerprint density at radius 1 is 1.20 bits per heavy atom. The van der Waals surface area contributed by atoms with Gasteiger partial charge in [0.2, 0.25) is 0 Å². The Hall–Kier alpha value is -0.0800. The smallest absolute Gasteiger partial charge is 0.00870 e. The van der Waals surface area contributed by atoms with E-state index in [1.807, 2.05) is 0 Å². The molecule has 2 atom stereocenters. The zero-order valence-corrected chi connectivity index (χ0v) is 10.7. The van der Waals surface area contributed by atoms with E-state index in [1.165, 1.54) is 38.6 Å². The number of rotatable bonds is 6. The van der Waals surface area contributed by atoms with Crippen LogP contribution >= 0.6 is 0 Å². The van der Waals surface area contributed by atoms with Crippen molar-refractivity contribution in [1.82, 2.24) is 4.90 Å². The summed E-state index contributed by atoms with van der Waals surface area (Å²) >= 11 is 0. The first-order chi connectivity index (χ1) is 7.22. The summed E-state index contributed by atoms with van der Waals surface area (Å²) in [5.41, 5.74) is 5.82. The Morgan fingerprint density at radius 3 is 2.33 bits per heavy atom. The molecular weight excluding hydrogens is 184 g/mol. The average Bonchev–Trinajstić information content (AvgIpc) is 2.67. The molecular formula is C13H28N2. The van der Waals surface area contributed by atoms with E-state index in [0.29, 0.717) is 0 Å². The molecule has 2 nitrogen and oxygen atoms in total. The number of hydrogen-bond donors (Lipinski definition) is 1. The fourth-order valence-corrected chi connectivity index (χ4v) is 3.10. The summed E-state index contributed by atoms with van der Waals surface area (Å²) < 4.78 is 0. The van der Waals surface area contributed by atoms with Gasteiger partial charge in [0.15, 0.2) is 0 Å². The second-order valence-corrected chi connectivity index (χ2v) is 5.10. The van der Waals surface area contributed by atoms with Crippen LogP contribution in [0.2, 0.25) is 0 Å². The van der Waals surface area contributed by atoms with Crippen molar-refractivity contribution in [3.63, 3.8) is 0 Å². The van der Waals surface area contributed by atoms with Crippen LogP contribution in [-0.2, 0) is 0 Å². The molecule has 0 saturated heterocycles. The van der Waals surface area contributed by atoms with Crippen molar-refractivity contribution in [3.8, 4) is 0 Å². The predicted octanol–water partition coefficient (Wildman–Crippen LogP) is 2.48. The number of nitrogens with two attached hydrogens (primary N) is 1. The van der Waals surface area contributed by atoms with Crippen LogP contribution in [0.5, 0.6) is 0 Å². The lowest BCUT2D eigenvalue weighted by atomic mass is 9.95. The molecule has 0 bridgehead atoms. The van der Waals surface area contributed by atoms with Gasteiger partial charge in [-0.15, -0.1) is 0 Å². The standard InChI is InChI=1S/C13H28N2/c1-4-13(5-2)15(3)10-12-8-6-7-11(12)9-14/h11-13H,4-10,14H2,1-3H3. The van der Waals surface area contributed by atoms with Gasteiger partial charge >= 0.3 is 0 Å². The first kappa shape index (κ1) is 13.0. The number of nitrogens with zero attached hydrogens (tertiary/aromatic N) is 1. The third-order valence-electron chi connectivity index (χ3n) is 4.21. The minimum absolute atomic E-state index is 0.768. The second kappa shape index (κ2) is 6.49. The molecule has 0 spiro atoms. The molecule has 0 radical (unpaired) electrons. The fourth-order valence-electron chi connectivity index (χ4n) is 3.10. The molecule has 1 aliphatic carbocycles. The van der Waals surface area contributed by atoms with Crippen LogP contribution in [0.4, 0.5) is 0 Å². The van der Waals surface area contributed by atoms with Crippen molar-refractivity contribution in [2.24, 2.45) is 17.6 Å². The van der Waals surface area contributed by atoms with Gasteiger partial charge in [0.1, 0.15) is 0 Å². The molecule has 2 heteroatoms. The van der Waals surface area contributed by atoms with Crippen molar-refractivity contribution in [2.45, 2.75) is 52.0 Å². The van der Waals surface area contributed by atoms with Gasteiger partial charge in [-0.25, -0.2) is 0 Å². The van der Waals surface area contributed by atoms with Crippen molar-refractivity contribution in [1.29, 1.82) is 0 Å². The highest BCUT2D eigenvalue weighted by Gasteiger charge is 2.27. The van der Waals surface area contributed by atoms with Gasteiger partial charge in [0.25, 0.3) is 0 Å². The summed E-state index contributed by atoms with van der Waals surface area (Å²) in [4.78, 5) is 2.55. The van der Waals surface area contributed by atoms with Crippen LogP contribution in [0, 0.1) is 11.8 Å². The molecule has 90 valence electrons. The van der Waals surface area contributed by atoms with Crippen LogP contribution in [-0.4, -0.2) is 31.1 Å². The molecule has 1 rings (SSSR count). The molecule has 15 heavy (non-hydrogen) atoms.